The van der Waals surface area contributed by atoms with Crippen LogP contribution in [0.15, 0.2) is 30.6 Å². The van der Waals surface area contributed by atoms with Gasteiger partial charge < -0.3 is 15.8 Å². The Labute approximate surface area is 158 Å². The number of hydrogen-bond donors (Lipinski definition) is 2. The van der Waals surface area contributed by atoms with E-state index in [1.54, 1.807) is 6.20 Å². The molecule has 0 saturated carbocycles. The number of carbonyl (C=O) groups excluding carboxylic acids is 2. The number of ether oxygens (including phenoxy) is 1. The minimum Gasteiger partial charge on any atom is -0.378 e. The maximum Gasteiger partial charge on any atom is 0.270 e. The van der Waals surface area contributed by atoms with Gasteiger partial charge in [0.2, 0.25) is 0 Å². The maximum absolute atomic E-state index is 12.9. The van der Waals surface area contributed by atoms with Crippen LogP contribution < -0.4 is 11.1 Å². The van der Waals surface area contributed by atoms with Gasteiger partial charge in [-0.3, -0.25) is 14.6 Å². The second-order valence-corrected chi connectivity index (χ2v) is 6.23. The molecule has 1 unspecified atom stereocenters. The molecule has 9 heteroatoms. The van der Waals surface area contributed by atoms with Gasteiger partial charge in [0.05, 0.1) is 10.7 Å². The molecule has 1 aliphatic rings. The van der Waals surface area contributed by atoms with Crippen molar-refractivity contribution in [3.63, 3.8) is 0 Å². The third-order valence-electron chi connectivity index (χ3n) is 4.50. The molecule has 3 aromatic rings. The van der Waals surface area contributed by atoms with Gasteiger partial charge in [-0.15, -0.1) is 0 Å². The normalized spacial score (nSPS) is 17.8. The predicted octanol–water partition coefficient (Wildman–Crippen LogP) is 0.267. The van der Waals surface area contributed by atoms with E-state index in [4.69, 9.17) is 14.6 Å². The zero-order valence-electron chi connectivity index (χ0n) is 17.2. The fourth-order valence-corrected chi connectivity index (χ4v) is 3.36. The van der Waals surface area contributed by atoms with E-state index in [1.807, 2.05) is 12.1 Å². The quantitative estimate of drug-likeness (QED) is 0.665. The van der Waals surface area contributed by atoms with Gasteiger partial charge in [-0.1, -0.05) is 6.07 Å². The van der Waals surface area contributed by atoms with Crippen LogP contribution in [0.5, 0.6) is 0 Å². The second-order valence-electron chi connectivity index (χ2n) is 6.23. The molecule has 3 heterocycles. The van der Waals surface area contributed by atoms with Crippen LogP contribution in [0.1, 0.15) is 41.9 Å². The summed E-state index contributed by atoms with van der Waals surface area (Å²) < 4.78 is 27.4. The molecule has 27 heavy (non-hydrogen) atoms. The molecule has 3 N–H and O–H groups in total. The highest BCUT2D eigenvalue weighted by atomic mass is 16.5. The molecule has 1 aliphatic carbocycles. The summed E-state index contributed by atoms with van der Waals surface area (Å²) in [5.74, 6) is -1.27. The Hall–Kier alpha value is -3.33. The first kappa shape index (κ1) is 13.8. The van der Waals surface area contributed by atoms with E-state index in [2.05, 4.69) is 20.4 Å². The van der Waals surface area contributed by atoms with Gasteiger partial charge in [0.25, 0.3) is 11.8 Å². The summed E-state index contributed by atoms with van der Waals surface area (Å²) in [7, 11) is -2.68. The molecule has 3 aromatic heterocycles. The van der Waals surface area contributed by atoms with Crippen LogP contribution in [0, 0.1) is 0 Å². The van der Waals surface area contributed by atoms with Crippen LogP contribution in [-0.2, 0) is 24.2 Å². The van der Waals surface area contributed by atoms with E-state index in [-0.39, 0.29) is 28.6 Å². The van der Waals surface area contributed by atoms with Crippen molar-refractivity contribution in [3.05, 3.63) is 58.8 Å². The number of nitrogens with one attached hydrogen (secondary N) is 1. The van der Waals surface area contributed by atoms with E-state index >= 15 is 0 Å². The van der Waals surface area contributed by atoms with Gasteiger partial charge in [0.15, 0.2) is 5.65 Å². The smallest absolute Gasteiger partial charge is 0.270 e. The molecule has 1 atom stereocenters. The van der Waals surface area contributed by atoms with Crippen LogP contribution in [0.4, 0.5) is 0 Å². The Balaban J connectivity index is 1.63. The van der Waals surface area contributed by atoms with Gasteiger partial charge in [-0.05, 0) is 24.1 Å². The molecule has 0 bridgehead atoms. The molecule has 0 fully saturated rings. The number of rotatable bonds is 5. The standard InChI is InChI=1S/C18H18N6O3/c1-27-9-13-15(16(19)25)17-21-6-4-14(24(17)23-13)18(26)22-11-7-10-3-2-5-20-12(10)8-11/h2-6,11H,7-9H2,1H3,(H2,19,25)(H,22,26)/i1D3. The molecule has 4 rings (SSSR count). The van der Waals surface area contributed by atoms with E-state index in [0.29, 0.717) is 12.8 Å². The van der Waals surface area contributed by atoms with Crippen LogP contribution in [0.25, 0.3) is 5.65 Å². The number of hydrogen-bond acceptors (Lipinski definition) is 6. The topological polar surface area (TPSA) is 124 Å². The number of fused-ring (bicyclic) bond motifs is 2. The summed E-state index contributed by atoms with van der Waals surface area (Å²) in [5.41, 5.74) is 7.55. The summed E-state index contributed by atoms with van der Waals surface area (Å²) in [6, 6.07) is 5.15. The van der Waals surface area contributed by atoms with Crippen LogP contribution in [-0.4, -0.2) is 44.5 Å². The first-order valence-corrected chi connectivity index (χ1v) is 8.27. The van der Waals surface area contributed by atoms with Crippen molar-refractivity contribution < 1.29 is 18.4 Å². The maximum atomic E-state index is 12.9. The van der Waals surface area contributed by atoms with Crippen molar-refractivity contribution >= 4 is 17.5 Å². The fraction of sp³-hybridized carbons (Fsp3) is 0.278. The lowest BCUT2D eigenvalue weighted by Gasteiger charge is -2.12. The zero-order chi connectivity index (χ0) is 21.5. The van der Waals surface area contributed by atoms with Crippen molar-refractivity contribution in [1.29, 1.82) is 0 Å². The molecular weight excluding hydrogens is 348 g/mol. The third-order valence-corrected chi connectivity index (χ3v) is 4.50. The zero-order valence-corrected chi connectivity index (χ0v) is 14.2. The summed E-state index contributed by atoms with van der Waals surface area (Å²) >= 11 is 0. The Morgan fingerprint density at radius 2 is 2.26 bits per heavy atom. The summed E-state index contributed by atoms with van der Waals surface area (Å²) in [6.07, 6.45) is 4.34. The molecule has 138 valence electrons. The molecule has 0 spiro atoms. The molecule has 0 saturated heterocycles. The van der Waals surface area contributed by atoms with Crippen LogP contribution in [0.2, 0.25) is 0 Å². The minimum atomic E-state index is -2.68. The van der Waals surface area contributed by atoms with Crippen molar-refractivity contribution in [2.75, 3.05) is 7.04 Å². The van der Waals surface area contributed by atoms with Crippen molar-refractivity contribution in [2.24, 2.45) is 5.73 Å². The van der Waals surface area contributed by atoms with Gasteiger partial charge in [0, 0.05) is 37.6 Å². The monoisotopic (exact) mass is 369 g/mol. The predicted molar refractivity (Wildman–Crippen MR) is 95.1 cm³/mol. The minimum absolute atomic E-state index is 0.0103. The second kappa shape index (κ2) is 6.76. The third kappa shape index (κ3) is 3.02. The number of pyridine rings is 1. The van der Waals surface area contributed by atoms with Gasteiger partial charge in [-0.2, -0.15) is 5.10 Å². The van der Waals surface area contributed by atoms with Crippen molar-refractivity contribution in [1.82, 2.24) is 24.9 Å². The van der Waals surface area contributed by atoms with Gasteiger partial charge >= 0.3 is 0 Å². The number of amides is 2. The van der Waals surface area contributed by atoms with Crippen LogP contribution >= 0.6 is 0 Å². The van der Waals surface area contributed by atoms with Crippen molar-refractivity contribution in [3.8, 4) is 0 Å². The largest absolute Gasteiger partial charge is 0.378 e. The summed E-state index contributed by atoms with van der Waals surface area (Å²) in [6.45, 7) is -0.483. The molecule has 0 aromatic carbocycles. The number of carbonyl (C=O) groups is 2. The van der Waals surface area contributed by atoms with E-state index in [1.165, 1.54) is 16.8 Å². The highest BCUT2D eigenvalue weighted by molar-refractivity contribution is 6.01. The first-order chi connectivity index (χ1) is 14.2. The highest BCUT2D eigenvalue weighted by Gasteiger charge is 2.26. The first-order valence-electron chi connectivity index (χ1n) is 9.77. The molecule has 0 radical (unpaired) electrons. The molecule has 9 nitrogen and oxygen atoms in total. The van der Waals surface area contributed by atoms with E-state index in [9.17, 15) is 9.59 Å². The van der Waals surface area contributed by atoms with Crippen LogP contribution in [0.3, 0.4) is 0 Å². The Kier molecular flexibility index (Phi) is 3.46. The lowest BCUT2D eigenvalue weighted by molar-refractivity contribution is 0.0929. The number of nitrogens with zero attached hydrogens (tertiary/aromatic N) is 4. The number of methoxy groups -OCH3 is 1. The Morgan fingerprint density at radius 3 is 3.04 bits per heavy atom. The molecule has 2 amide bonds. The number of primary amides is 1. The SMILES string of the molecule is [2H]C([2H])([2H])OCc1nn2c(C(=O)NC3Cc4cccnc4C3)ccnc2c1C(N)=O. The summed E-state index contributed by atoms with van der Waals surface area (Å²) in [4.78, 5) is 33.3. The molecular formula is C18H18N6O3. The fourth-order valence-electron chi connectivity index (χ4n) is 3.36. The van der Waals surface area contributed by atoms with E-state index < -0.39 is 25.5 Å². The van der Waals surface area contributed by atoms with Gasteiger partial charge in [0.1, 0.15) is 17.0 Å². The Morgan fingerprint density at radius 1 is 1.37 bits per heavy atom. The highest BCUT2D eigenvalue weighted by Crippen LogP contribution is 2.20. The average molecular weight is 369 g/mol. The summed E-state index contributed by atoms with van der Waals surface area (Å²) in [5, 5.41) is 7.12. The number of nitrogens with two attached hydrogens (primary N) is 1. The number of aromatic nitrogens is 4. The average Bonchev–Trinajstić information content (AvgIpc) is 3.25. The van der Waals surface area contributed by atoms with Gasteiger partial charge in [-0.25, -0.2) is 9.50 Å². The van der Waals surface area contributed by atoms with E-state index in [0.717, 1.165) is 11.3 Å². The lowest BCUT2D eigenvalue weighted by Crippen LogP contribution is -2.36. The van der Waals surface area contributed by atoms with Crippen molar-refractivity contribution in [2.45, 2.75) is 25.5 Å². The lowest BCUT2D eigenvalue weighted by atomic mass is 10.2. The Bertz CT molecular complexity index is 1120. The molecule has 0 aliphatic heterocycles.